The van der Waals surface area contributed by atoms with Gasteiger partial charge in [0.25, 0.3) is 5.91 Å². The molecule has 2 heterocycles. The lowest BCUT2D eigenvalue weighted by molar-refractivity contribution is -0.124. The van der Waals surface area contributed by atoms with Gasteiger partial charge < -0.3 is 4.57 Å². The van der Waals surface area contributed by atoms with Crippen LogP contribution in [0.25, 0.3) is 10.9 Å². The average Bonchev–Trinajstić information content (AvgIpc) is 3.53. The maximum absolute atomic E-state index is 13.1. The van der Waals surface area contributed by atoms with Crippen molar-refractivity contribution >= 4 is 67.9 Å². The van der Waals surface area contributed by atoms with E-state index in [-0.39, 0.29) is 11.4 Å². The van der Waals surface area contributed by atoms with E-state index in [2.05, 4.69) is 15.1 Å². The van der Waals surface area contributed by atoms with E-state index < -0.39 is 22.0 Å². The molecule has 7 nitrogen and oxygen atoms in total. The van der Waals surface area contributed by atoms with Crippen molar-refractivity contribution in [1.29, 1.82) is 0 Å². The third-order valence-electron chi connectivity index (χ3n) is 6.46. The number of rotatable bonds is 7. The second kappa shape index (κ2) is 11.1. The first-order chi connectivity index (χ1) is 18.2. The van der Waals surface area contributed by atoms with E-state index in [1.165, 1.54) is 28.6 Å². The molecule has 1 aliphatic rings. The molecule has 0 aliphatic carbocycles. The Morgan fingerprint density at radius 1 is 1.03 bits per heavy atom. The van der Waals surface area contributed by atoms with Gasteiger partial charge in [-0.15, -0.1) is 0 Å². The summed E-state index contributed by atoms with van der Waals surface area (Å²) in [4.78, 5) is 13.1. The molecule has 1 amide bonds. The summed E-state index contributed by atoms with van der Waals surface area (Å²) < 4.78 is 29.6. The predicted octanol–water partition coefficient (Wildman–Crippen LogP) is 5.95. The number of fused-ring (bicyclic) bond motifs is 1. The lowest BCUT2D eigenvalue weighted by atomic mass is 10.2. The summed E-state index contributed by atoms with van der Waals surface area (Å²) in [5.41, 5.74) is 5.31. The van der Waals surface area contributed by atoms with Crippen LogP contribution < -0.4 is 5.43 Å². The van der Waals surface area contributed by atoms with Gasteiger partial charge in [0.15, 0.2) is 0 Å². The first kappa shape index (κ1) is 26.7. The molecule has 196 valence electrons. The number of nitrogens with zero attached hydrogens (tertiary/aromatic N) is 3. The normalized spacial score (nSPS) is 16.4. The van der Waals surface area contributed by atoms with Gasteiger partial charge in [0.1, 0.15) is 6.04 Å². The van der Waals surface area contributed by atoms with Crippen molar-refractivity contribution < 1.29 is 13.2 Å². The number of aromatic nitrogens is 1. The summed E-state index contributed by atoms with van der Waals surface area (Å²) in [5.74, 6) is -0.476. The minimum absolute atomic E-state index is 0.0971. The minimum Gasteiger partial charge on any atom is -0.342 e. The molecule has 1 aliphatic heterocycles. The molecule has 0 radical (unpaired) electrons. The quantitative estimate of drug-likeness (QED) is 0.213. The van der Waals surface area contributed by atoms with Crippen LogP contribution >= 0.6 is 34.8 Å². The van der Waals surface area contributed by atoms with Crippen molar-refractivity contribution in [2.45, 2.75) is 30.3 Å². The number of sulfonamides is 1. The summed E-state index contributed by atoms with van der Waals surface area (Å²) in [6.45, 7) is 0.826. The van der Waals surface area contributed by atoms with Crippen molar-refractivity contribution in [3.63, 3.8) is 0 Å². The van der Waals surface area contributed by atoms with Gasteiger partial charge in [-0.1, -0.05) is 59.1 Å². The summed E-state index contributed by atoms with van der Waals surface area (Å²) in [5, 5.41) is 6.55. The second-order valence-corrected chi connectivity index (χ2v) is 12.1. The van der Waals surface area contributed by atoms with Gasteiger partial charge in [-0.2, -0.15) is 9.41 Å². The number of nitrogens with one attached hydrogen (secondary N) is 1. The number of benzene rings is 3. The Kier molecular flexibility index (Phi) is 7.79. The predicted molar refractivity (Wildman–Crippen MR) is 152 cm³/mol. The minimum atomic E-state index is -3.85. The molecule has 1 fully saturated rings. The molecule has 5 rings (SSSR count). The van der Waals surface area contributed by atoms with Crippen LogP contribution in [0, 0.1) is 0 Å². The average molecular weight is 590 g/mol. The number of hydrogen-bond donors (Lipinski definition) is 1. The number of carbonyl (C=O) groups excluding carboxylic acids is 1. The number of carbonyl (C=O) groups is 1. The van der Waals surface area contributed by atoms with Gasteiger partial charge in [0.05, 0.1) is 21.2 Å². The van der Waals surface area contributed by atoms with Crippen LogP contribution in [-0.4, -0.2) is 42.0 Å². The standard InChI is InChI=1S/C27H23Cl3N4O3S/c28-20-8-10-21(11-9-20)38(36,37)34-13-3-6-26(34)27(35)32-31-15-19-17-33(25-5-2-1-4-22(19)25)16-18-7-12-23(29)24(30)14-18/h1-2,4-5,7-12,14-15,17,26H,3,6,13,16H2,(H,32,35)/b31-15-/t26-/m1/s1. The topological polar surface area (TPSA) is 83.8 Å². The Labute approximate surface area is 235 Å². The fraction of sp³-hybridized carbons (Fsp3) is 0.185. The fourth-order valence-electron chi connectivity index (χ4n) is 4.62. The maximum Gasteiger partial charge on any atom is 0.258 e. The Bertz CT molecular complexity index is 1640. The molecular formula is C27H23Cl3N4O3S. The summed E-state index contributed by atoms with van der Waals surface area (Å²) >= 11 is 18.1. The number of amides is 1. The van der Waals surface area contributed by atoms with E-state index in [9.17, 15) is 13.2 Å². The molecule has 1 N–H and O–H groups in total. The Balaban J connectivity index is 1.33. The van der Waals surface area contributed by atoms with Crippen LogP contribution in [-0.2, 0) is 21.4 Å². The molecule has 0 saturated carbocycles. The summed E-state index contributed by atoms with van der Waals surface area (Å²) in [6.07, 6.45) is 4.50. The van der Waals surface area contributed by atoms with E-state index in [1.54, 1.807) is 12.3 Å². The lowest BCUT2D eigenvalue weighted by Gasteiger charge is -2.22. The Hall–Kier alpha value is -2.88. The number of hydrazone groups is 1. The molecule has 0 spiro atoms. The van der Waals surface area contributed by atoms with Crippen LogP contribution in [0.15, 0.2) is 82.9 Å². The molecule has 0 bridgehead atoms. The zero-order chi connectivity index (χ0) is 26.9. The van der Waals surface area contributed by atoms with Crippen LogP contribution in [0.4, 0.5) is 0 Å². The van der Waals surface area contributed by atoms with Crippen LogP contribution in [0.5, 0.6) is 0 Å². The number of para-hydroxylation sites is 1. The Morgan fingerprint density at radius 2 is 1.79 bits per heavy atom. The molecule has 1 aromatic heterocycles. The largest absolute Gasteiger partial charge is 0.342 e. The van der Waals surface area contributed by atoms with Gasteiger partial charge in [-0.05, 0) is 60.9 Å². The van der Waals surface area contributed by atoms with E-state index >= 15 is 0 Å². The summed E-state index contributed by atoms with van der Waals surface area (Å²) in [7, 11) is -3.85. The molecule has 4 aromatic rings. The fourth-order valence-corrected chi connectivity index (χ4v) is 6.72. The SMILES string of the molecule is O=C(N/N=C\c1cn(Cc2ccc(Cl)c(Cl)c2)c2ccccc12)[C@H]1CCCN1S(=O)(=O)c1ccc(Cl)cc1. The molecule has 1 saturated heterocycles. The molecule has 38 heavy (non-hydrogen) atoms. The second-order valence-electron chi connectivity index (χ2n) is 8.94. The van der Waals surface area contributed by atoms with Gasteiger partial charge >= 0.3 is 0 Å². The first-order valence-electron chi connectivity index (χ1n) is 11.9. The highest BCUT2D eigenvalue weighted by Crippen LogP contribution is 2.28. The first-order valence-corrected chi connectivity index (χ1v) is 14.4. The highest BCUT2D eigenvalue weighted by Gasteiger charge is 2.39. The van der Waals surface area contributed by atoms with Crippen LogP contribution in [0.1, 0.15) is 24.0 Å². The molecule has 0 unspecified atom stereocenters. The zero-order valence-corrected chi connectivity index (χ0v) is 23.1. The molecule has 1 atom stereocenters. The zero-order valence-electron chi connectivity index (χ0n) is 20.0. The van der Waals surface area contributed by atoms with Crippen LogP contribution in [0.3, 0.4) is 0 Å². The highest BCUT2D eigenvalue weighted by atomic mass is 35.5. The third-order valence-corrected chi connectivity index (χ3v) is 9.37. The summed E-state index contributed by atoms with van der Waals surface area (Å²) in [6, 6.07) is 18.4. The maximum atomic E-state index is 13.1. The Morgan fingerprint density at radius 3 is 2.55 bits per heavy atom. The monoisotopic (exact) mass is 588 g/mol. The van der Waals surface area contributed by atoms with Gasteiger partial charge in [0.2, 0.25) is 10.0 Å². The van der Waals surface area contributed by atoms with Crippen LogP contribution in [0.2, 0.25) is 15.1 Å². The van der Waals surface area contributed by atoms with Gasteiger partial charge in [-0.3, -0.25) is 4.79 Å². The number of halogens is 3. The van der Waals surface area contributed by atoms with Crippen molar-refractivity contribution in [2.24, 2.45) is 5.10 Å². The van der Waals surface area contributed by atoms with E-state index in [0.29, 0.717) is 34.5 Å². The molecular weight excluding hydrogens is 567 g/mol. The van der Waals surface area contributed by atoms with E-state index in [4.69, 9.17) is 34.8 Å². The highest BCUT2D eigenvalue weighted by molar-refractivity contribution is 7.89. The number of hydrogen-bond acceptors (Lipinski definition) is 4. The third kappa shape index (κ3) is 5.46. The van der Waals surface area contributed by atoms with E-state index in [1.807, 2.05) is 42.6 Å². The van der Waals surface area contributed by atoms with Gasteiger partial charge in [-0.25, -0.2) is 13.8 Å². The van der Waals surface area contributed by atoms with Crippen molar-refractivity contribution in [3.8, 4) is 0 Å². The van der Waals surface area contributed by atoms with Crippen molar-refractivity contribution in [2.75, 3.05) is 6.54 Å². The van der Waals surface area contributed by atoms with Crippen molar-refractivity contribution in [1.82, 2.24) is 14.3 Å². The lowest BCUT2D eigenvalue weighted by Crippen LogP contribution is -2.44. The smallest absolute Gasteiger partial charge is 0.258 e. The molecule has 11 heteroatoms. The van der Waals surface area contributed by atoms with E-state index in [0.717, 1.165) is 22.0 Å². The molecule has 3 aromatic carbocycles. The van der Waals surface area contributed by atoms with Crippen molar-refractivity contribution in [3.05, 3.63) is 99.1 Å². The van der Waals surface area contributed by atoms with Gasteiger partial charge in [0, 0.05) is 40.8 Å².